The Labute approximate surface area is 124 Å². The van der Waals surface area contributed by atoms with E-state index in [-0.39, 0.29) is 11.6 Å². The Morgan fingerprint density at radius 2 is 2.33 bits per heavy atom. The molecule has 0 aliphatic carbocycles. The molecule has 0 bridgehead atoms. The Hall–Kier alpha value is -2.01. The van der Waals surface area contributed by atoms with E-state index in [1.165, 1.54) is 0 Å². The van der Waals surface area contributed by atoms with Crippen LogP contribution in [0.15, 0.2) is 36.9 Å². The topological polar surface area (TPSA) is 62.3 Å². The van der Waals surface area contributed by atoms with Gasteiger partial charge in [-0.2, -0.15) is 0 Å². The number of nitrogens with two attached hydrogens (primary N) is 1. The summed E-state index contributed by atoms with van der Waals surface area (Å²) in [5.74, 6) is 1.64. The maximum absolute atomic E-state index is 6.21. The van der Waals surface area contributed by atoms with Crippen molar-refractivity contribution in [3.05, 3.63) is 42.5 Å². The van der Waals surface area contributed by atoms with Gasteiger partial charge in [0.05, 0.1) is 12.9 Å². The second kappa shape index (κ2) is 5.41. The van der Waals surface area contributed by atoms with Gasteiger partial charge in [0.15, 0.2) is 0 Å². The minimum Gasteiger partial charge on any atom is -0.492 e. The van der Waals surface area contributed by atoms with Crippen LogP contribution in [-0.2, 0) is 6.54 Å². The Morgan fingerprint density at radius 3 is 3.10 bits per heavy atom. The first kappa shape index (κ1) is 13.9. The van der Waals surface area contributed by atoms with E-state index in [1.807, 2.05) is 29.0 Å². The number of hydrogen-bond acceptors (Lipinski definition) is 4. The summed E-state index contributed by atoms with van der Waals surface area (Å²) in [6, 6.07) is 5.91. The van der Waals surface area contributed by atoms with E-state index in [0.717, 1.165) is 30.0 Å². The summed E-state index contributed by atoms with van der Waals surface area (Å²) in [7, 11) is 0. The van der Waals surface area contributed by atoms with Crippen LogP contribution in [0.25, 0.3) is 0 Å². The maximum Gasteiger partial charge on any atom is 0.128 e. The van der Waals surface area contributed by atoms with Crippen LogP contribution in [-0.4, -0.2) is 21.8 Å². The summed E-state index contributed by atoms with van der Waals surface area (Å²) in [4.78, 5) is 4.00. The van der Waals surface area contributed by atoms with Crippen LogP contribution in [0.4, 0.5) is 0 Å². The molecule has 0 amide bonds. The molecule has 1 atom stereocenters. The number of nitrogens with zero attached hydrogens (tertiary/aromatic N) is 2. The first-order valence-corrected chi connectivity index (χ1v) is 7.21. The molecule has 2 heterocycles. The summed E-state index contributed by atoms with van der Waals surface area (Å²) in [6.45, 7) is 5.47. The van der Waals surface area contributed by atoms with E-state index >= 15 is 0 Å². The van der Waals surface area contributed by atoms with E-state index < -0.39 is 0 Å². The van der Waals surface area contributed by atoms with Gasteiger partial charge in [0.1, 0.15) is 23.7 Å². The Kier molecular flexibility index (Phi) is 3.59. The third-order valence-corrected chi connectivity index (χ3v) is 3.66. The highest BCUT2D eigenvalue weighted by Gasteiger charge is 2.31. The molecule has 5 nitrogen and oxygen atoms in total. The first-order valence-electron chi connectivity index (χ1n) is 7.21. The van der Waals surface area contributed by atoms with Crippen molar-refractivity contribution in [2.75, 3.05) is 6.61 Å². The van der Waals surface area contributed by atoms with Crippen molar-refractivity contribution < 1.29 is 9.47 Å². The molecule has 1 aromatic carbocycles. The molecule has 0 spiro atoms. The van der Waals surface area contributed by atoms with E-state index in [9.17, 15) is 0 Å². The normalized spacial score (nSPS) is 19.7. The van der Waals surface area contributed by atoms with E-state index in [2.05, 4.69) is 18.8 Å². The molecular formula is C16H21N3O2. The zero-order valence-corrected chi connectivity index (χ0v) is 12.5. The molecule has 0 radical (unpaired) electrons. The maximum atomic E-state index is 6.21. The largest absolute Gasteiger partial charge is 0.492 e. The second-order valence-electron chi connectivity index (χ2n) is 6.02. The molecule has 1 unspecified atom stereocenters. The van der Waals surface area contributed by atoms with Crippen molar-refractivity contribution in [1.29, 1.82) is 0 Å². The number of imidazole rings is 1. The number of hydrogen-bond donors (Lipinski definition) is 1. The van der Waals surface area contributed by atoms with Gasteiger partial charge in [-0.3, -0.25) is 0 Å². The van der Waals surface area contributed by atoms with Gasteiger partial charge in [-0.25, -0.2) is 4.98 Å². The fourth-order valence-corrected chi connectivity index (χ4v) is 2.67. The van der Waals surface area contributed by atoms with Crippen molar-refractivity contribution >= 4 is 0 Å². The molecule has 21 heavy (non-hydrogen) atoms. The predicted molar refractivity (Wildman–Crippen MR) is 80.4 cm³/mol. The van der Waals surface area contributed by atoms with Gasteiger partial charge in [-0.05, 0) is 19.9 Å². The average Bonchev–Trinajstić information content (AvgIpc) is 2.90. The lowest BCUT2D eigenvalue weighted by molar-refractivity contribution is 0.0724. The number of rotatable bonds is 4. The van der Waals surface area contributed by atoms with Gasteiger partial charge < -0.3 is 19.8 Å². The number of fused-ring (bicyclic) bond motifs is 1. The van der Waals surface area contributed by atoms with Gasteiger partial charge in [0, 0.05) is 36.5 Å². The van der Waals surface area contributed by atoms with E-state index in [1.54, 1.807) is 12.5 Å². The Bertz CT molecular complexity index is 608. The highest BCUT2D eigenvalue weighted by molar-refractivity contribution is 5.44. The van der Waals surface area contributed by atoms with E-state index in [0.29, 0.717) is 6.61 Å². The molecule has 1 aromatic heterocycles. The van der Waals surface area contributed by atoms with Crippen molar-refractivity contribution in [2.45, 2.75) is 38.5 Å². The quantitative estimate of drug-likeness (QED) is 0.938. The number of benzene rings is 1. The average molecular weight is 287 g/mol. The number of ether oxygens (including phenoxy) is 2. The monoisotopic (exact) mass is 287 g/mol. The predicted octanol–water partition coefficient (Wildman–Crippen LogP) is 2.52. The highest BCUT2D eigenvalue weighted by atomic mass is 16.5. The van der Waals surface area contributed by atoms with E-state index in [4.69, 9.17) is 15.2 Å². The van der Waals surface area contributed by atoms with Gasteiger partial charge >= 0.3 is 0 Å². The number of aromatic nitrogens is 2. The summed E-state index contributed by atoms with van der Waals surface area (Å²) >= 11 is 0. The van der Waals surface area contributed by atoms with Crippen LogP contribution in [0.3, 0.4) is 0 Å². The minimum atomic E-state index is -0.234. The SMILES string of the molecule is CC1(C)CC(N)c2ccc(OCCn3ccnc3)cc2O1. The van der Waals surface area contributed by atoms with Crippen LogP contribution >= 0.6 is 0 Å². The highest BCUT2D eigenvalue weighted by Crippen LogP contribution is 2.39. The van der Waals surface area contributed by atoms with Crippen LogP contribution < -0.4 is 15.2 Å². The van der Waals surface area contributed by atoms with Crippen LogP contribution in [0.1, 0.15) is 31.9 Å². The zero-order valence-electron chi connectivity index (χ0n) is 12.5. The van der Waals surface area contributed by atoms with Gasteiger partial charge in [-0.15, -0.1) is 0 Å². The summed E-state index contributed by atoms with van der Waals surface area (Å²) in [5.41, 5.74) is 7.02. The molecule has 1 aliphatic rings. The molecule has 0 saturated carbocycles. The standard InChI is InChI=1S/C16H21N3O2/c1-16(2)10-14(17)13-4-3-12(9-15(13)21-16)20-8-7-19-6-5-18-11-19/h3-6,9,11,14H,7-8,10,17H2,1-2H3. The van der Waals surface area contributed by atoms with Crippen molar-refractivity contribution in [3.63, 3.8) is 0 Å². The fraction of sp³-hybridized carbons (Fsp3) is 0.438. The Balaban J connectivity index is 1.68. The first-order chi connectivity index (χ1) is 10.0. The zero-order chi connectivity index (χ0) is 14.9. The molecule has 3 rings (SSSR count). The molecule has 0 fully saturated rings. The summed E-state index contributed by atoms with van der Waals surface area (Å²) < 4.78 is 13.8. The molecule has 1 aliphatic heterocycles. The van der Waals surface area contributed by atoms with Gasteiger partial charge in [0.25, 0.3) is 0 Å². The molecule has 2 N–H and O–H groups in total. The summed E-state index contributed by atoms with van der Waals surface area (Å²) in [5, 5.41) is 0. The van der Waals surface area contributed by atoms with Crippen molar-refractivity contribution in [2.24, 2.45) is 5.73 Å². The molecule has 2 aromatic rings. The molecule has 5 heteroatoms. The van der Waals surface area contributed by atoms with Gasteiger partial charge in [0.2, 0.25) is 0 Å². The smallest absolute Gasteiger partial charge is 0.128 e. The lowest BCUT2D eigenvalue weighted by atomic mass is 9.90. The van der Waals surface area contributed by atoms with Gasteiger partial charge in [-0.1, -0.05) is 6.07 Å². The lowest BCUT2D eigenvalue weighted by Crippen LogP contribution is -2.37. The lowest BCUT2D eigenvalue weighted by Gasteiger charge is -2.36. The molecule has 0 saturated heterocycles. The molecule has 112 valence electrons. The molecular weight excluding hydrogens is 266 g/mol. The Morgan fingerprint density at radius 1 is 1.48 bits per heavy atom. The van der Waals surface area contributed by atoms with Crippen LogP contribution in [0.2, 0.25) is 0 Å². The minimum absolute atomic E-state index is 0.0174. The summed E-state index contributed by atoms with van der Waals surface area (Å²) in [6.07, 6.45) is 6.28. The van der Waals surface area contributed by atoms with Crippen molar-refractivity contribution in [1.82, 2.24) is 9.55 Å². The third-order valence-electron chi connectivity index (χ3n) is 3.66. The third kappa shape index (κ3) is 3.19. The van der Waals surface area contributed by atoms with Crippen LogP contribution in [0, 0.1) is 0 Å². The fourth-order valence-electron chi connectivity index (χ4n) is 2.67. The second-order valence-corrected chi connectivity index (χ2v) is 6.02. The van der Waals surface area contributed by atoms with Crippen LogP contribution in [0.5, 0.6) is 11.5 Å². The van der Waals surface area contributed by atoms with Crippen molar-refractivity contribution in [3.8, 4) is 11.5 Å².